The summed E-state index contributed by atoms with van der Waals surface area (Å²) in [6.45, 7) is 2.31. The summed E-state index contributed by atoms with van der Waals surface area (Å²) in [7, 11) is -3.56. The van der Waals surface area contributed by atoms with Crippen LogP contribution in [0.3, 0.4) is 0 Å². The van der Waals surface area contributed by atoms with Crippen LogP contribution >= 0.6 is 0 Å². The van der Waals surface area contributed by atoms with Crippen LogP contribution in [0.2, 0.25) is 0 Å². The molecule has 0 aliphatic carbocycles. The number of hydrogen-bond donors (Lipinski definition) is 0. The molecule has 1 aliphatic rings. The SMILES string of the molecule is O=S(=O)(c1cccc2ccccc12)N1CCN(C(c2ccccc2)c2ccccc2)CC1. The smallest absolute Gasteiger partial charge is 0.243 e. The van der Waals surface area contributed by atoms with E-state index in [1.165, 1.54) is 11.1 Å². The van der Waals surface area contributed by atoms with Crippen LogP contribution in [0.1, 0.15) is 17.2 Å². The van der Waals surface area contributed by atoms with Gasteiger partial charge in [-0.3, -0.25) is 4.90 Å². The molecular weight excluding hydrogens is 416 g/mol. The minimum atomic E-state index is -3.56. The van der Waals surface area contributed by atoms with Crippen molar-refractivity contribution >= 4 is 20.8 Å². The monoisotopic (exact) mass is 442 g/mol. The van der Waals surface area contributed by atoms with E-state index in [1.54, 1.807) is 10.4 Å². The van der Waals surface area contributed by atoms with Crippen molar-refractivity contribution < 1.29 is 8.42 Å². The third-order valence-corrected chi connectivity index (χ3v) is 8.19. The van der Waals surface area contributed by atoms with Crippen molar-refractivity contribution in [1.29, 1.82) is 0 Å². The molecule has 0 amide bonds. The maximum absolute atomic E-state index is 13.5. The molecule has 162 valence electrons. The van der Waals surface area contributed by atoms with E-state index in [1.807, 2.05) is 48.5 Å². The Balaban J connectivity index is 1.41. The lowest BCUT2D eigenvalue weighted by atomic mass is 9.96. The number of piperazine rings is 1. The van der Waals surface area contributed by atoms with Gasteiger partial charge in [0, 0.05) is 31.6 Å². The third-order valence-electron chi connectivity index (χ3n) is 6.24. The minimum absolute atomic E-state index is 0.111. The van der Waals surface area contributed by atoms with Crippen LogP contribution in [-0.2, 0) is 10.0 Å². The molecule has 0 aromatic heterocycles. The molecular formula is C27H26N2O2S. The van der Waals surface area contributed by atoms with E-state index in [0.717, 1.165) is 10.8 Å². The second kappa shape index (κ2) is 8.87. The Morgan fingerprint density at radius 3 is 1.75 bits per heavy atom. The molecule has 0 unspecified atom stereocenters. The fourth-order valence-electron chi connectivity index (χ4n) is 4.65. The fourth-order valence-corrected chi connectivity index (χ4v) is 6.28. The van der Waals surface area contributed by atoms with Gasteiger partial charge < -0.3 is 0 Å². The van der Waals surface area contributed by atoms with Crippen molar-refractivity contribution in [2.24, 2.45) is 0 Å². The Morgan fingerprint density at radius 2 is 1.12 bits per heavy atom. The Hall–Kier alpha value is -2.99. The van der Waals surface area contributed by atoms with Crippen molar-refractivity contribution in [3.05, 3.63) is 114 Å². The van der Waals surface area contributed by atoms with Crippen molar-refractivity contribution in [1.82, 2.24) is 9.21 Å². The molecule has 1 heterocycles. The molecule has 0 radical (unpaired) electrons. The molecule has 0 spiro atoms. The summed E-state index contributed by atoms with van der Waals surface area (Å²) < 4.78 is 28.7. The van der Waals surface area contributed by atoms with E-state index >= 15 is 0 Å². The molecule has 1 saturated heterocycles. The molecule has 1 aliphatic heterocycles. The van der Waals surface area contributed by atoms with Gasteiger partial charge in [-0.05, 0) is 22.6 Å². The third kappa shape index (κ3) is 3.95. The quantitative estimate of drug-likeness (QED) is 0.440. The average Bonchev–Trinajstić information content (AvgIpc) is 2.85. The zero-order valence-electron chi connectivity index (χ0n) is 17.8. The van der Waals surface area contributed by atoms with E-state index in [2.05, 4.69) is 53.4 Å². The van der Waals surface area contributed by atoms with Gasteiger partial charge in [0.25, 0.3) is 0 Å². The summed E-state index contributed by atoms with van der Waals surface area (Å²) in [5.74, 6) is 0. The predicted molar refractivity (Wildman–Crippen MR) is 129 cm³/mol. The molecule has 0 atom stereocenters. The Morgan fingerprint density at radius 1 is 0.594 bits per heavy atom. The Bertz CT molecular complexity index is 1250. The molecule has 4 aromatic carbocycles. The van der Waals surface area contributed by atoms with Crippen molar-refractivity contribution in [2.75, 3.05) is 26.2 Å². The molecule has 0 bridgehead atoms. The van der Waals surface area contributed by atoms with E-state index in [-0.39, 0.29) is 6.04 Å². The van der Waals surface area contributed by atoms with Crippen LogP contribution in [0.25, 0.3) is 10.8 Å². The van der Waals surface area contributed by atoms with E-state index in [4.69, 9.17) is 0 Å². The number of sulfonamides is 1. The van der Waals surface area contributed by atoms with Gasteiger partial charge in [0.1, 0.15) is 0 Å². The first-order valence-electron chi connectivity index (χ1n) is 11.0. The van der Waals surface area contributed by atoms with Crippen molar-refractivity contribution in [3.8, 4) is 0 Å². The van der Waals surface area contributed by atoms with Gasteiger partial charge in [-0.1, -0.05) is 97.1 Å². The normalized spacial score (nSPS) is 15.9. The molecule has 4 aromatic rings. The van der Waals surface area contributed by atoms with Gasteiger partial charge in [0.05, 0.1) is 10.9 Å². The second-order valence-electron chi connectivity index (χ2n) is 8.14. The summed E-state index contributed by atoms with van der Waals surface area (Å²) in [6, 6.07) is 34.2. The van der Waals surface area contributed by atoms with Gasteiger partial charge in [-0.25, -0.2) is 8.42 Å². The average molecular weight is 443 g/mol. The van der Waals surface area contributed by atoms with Crippen LogP contribution in [0.4, 0.5) is 0 Å². The largest absolute Gasteiger partial charge is 0.290 e. The Kier molecular flexibility index (Phi) is 5.79. The number of fused-ring (bicyclic) bond motifs is 1. The summed E-state index contributed by atoms with van der Waals surface area (Å²) >= 11 is 0. The fraction of sp³-hybridized carbons (Fsp3) is 0.185. The molecule has 5 rings (SSSR count). The van der Waals surface area contributed by atoms with Crippen molar-refractivity contribution in [3.63, 3.8) is 0 Å². The maximum Gasteiger partial charge on any atom is 0.243 e. The van der Waals surface area contributed by atoms with E-state index < -0.39 is 10.0 Å². The predicted octanol–water partition coefficient (Wildman–Crippen LogP) is 4.94. The van der Waals surface area contributed by atoms with Gasteiger partial charge in [-0.15, -0.1) is 0 Å². The highest BCUT2D eigenvalue weighted by Gasteiger charge is 2.32. The number of rotatable bonds is 5. The Labute approximate surface area is 189 Å². The first-order valence-corrected chi connectivity index (χ1v) is 12.4. The molecule has 32 heavy (non-hydrogen) atoms. The molecule has 0 saturated carbocycles. The first-order chi connectivity index (χ1) is 15.6. The van der Waals surface area contributed by atoms with Crippen molar-refractivity contribution in [2.45, 2.75) is 10.9 Å². The summed E-state index contributed by atoms with van der Waals surface area (Å²) in [5, 5.41) is 1.73. The highest BCUT2D eigenvalue weighted by Crippen LogP contribution is 2.31. The van der Waals surface area contributed by atoms with Gasteiger partial charge in [0.15, 0.2) is 0 Å². The van der Waals surface area contributed by atoms with Crippen LogP contribution in [0, 0.1) is 0 Å². The van der Waals surface area contributed by atoms with Crippen LogP contribution < -0.4 is 0 Å². The molecule has 1 fully saturated rings. The van der Waals surface area contributed by atoms with E-state index in [0.29, 0.717) is 31.1 Å². The zero-order valence-corrected chi connectivity index (χ0v) is 18.7. The van der Waals surface area contributed by atoms with Crippen LogP contribution in [-0.4, -0.2) is 43.8 Å². The molecule has 5 heteroatoms. The standard InChI is InChI=1S/C27H26N2O2S/c30-32(31,26-17-9-15-22-10-7-8-16-25(22)26)29-20-18-28(19-21-29)27(23-11-3-1-4-12-23)24-13-5-2-6-14-24/h1-17,27H,18-21H2. The van der Waals surface area contributed by atoms with Crippen LogP contribution in [0.5, 0.6) is 0 Å². The van der Waals surface area contributed by atoms with Gasteiger partial charge in [-0.2, -0.15) is 4.31 Å². The highest BCUT2D eigenvalue weighted by atomic mass is 32.2. The van der Waals surface area contributed by atoms with Gasteiger partial charge >= 0.3 is 0 Å². The maximum atomic E-state index is 13.5. The summed E-state index contributed by atoms with van der Waals surface area (Å²) in [5.41, 5.74) is 2.45. The number of hydrogen-bond acceptors (Lipinski definition) is 3. The number of nitrogens with zero attached hydrogens (tertiary/aromatic N) is 2. The number of benzene rings is 4. The van der Waals surface area contributed by atoms with E-state index in [9.17, 15) is 8.42 Å². The van der Waals surface area contributed by atoms with Crippen LogP contribution in [0.15, 0.2) is 108 Å². The lowest BCUT2D eigenvalue weighted by Gasteiger charge is -2.39. The van der Waals surface area contributed by atoms with Gasteiger partial charge in [0.2, 0.25) is 10.0 Å². The minimum Gasteiger partial charge on any atom is -0.290 e. The summed E-state index contributed by atoms with van der Waals surface area (Å²) in [6.07, 6.45) is 0. The molecule has 0 N–H and O–H groups in total. The zero-order chi connectivity index (χ0) is 22.0. The second-order valence-corrected chi connectivity index (χ2v) is 10.0. The molecule has 4 nitrogen and oxygen atoms in total. The first kappa shape index (κ1) is 20.9. The summed E-state index contributed by atoms with van der Waals surface area (Å²) in [4.78, 5) is 2.78. The lowest BCUT2D eigenvalue weighted by Crippen LogP contribution is -2.49. The highest BCUT2D eigenvalue weighted by molar-refractivity contribution is 7.89. The lowest BCUT2D eigenvalue weighted by molar-refractivity contribution is 0.156. The topological polar surface area (TPSA) is 40.6 Å².